The van der Waals surface area contributed by atoms with E-state index in [1.165, 1.54) is 5.56 Å². The van der Waals surface area contributed by atoms with Crippen LogP contribution in [0.2, 0.25) is 0 Å². The molecule has 1 amide bonds. The van der Waals surface area contributed by atoms with Gasteiger partial charge in [0.05, 0.1) is 24.0 Å². The van der Waals surface area contributed by atoms with E-state index in [0.29, 0.717) is 19.5 Å². The van der Waals surface area contributed by atoms with E-state index in [-0.39, 0.29) is 29.7 Å². The molecule has 0 bridgehead atoms. The monoisotopic (exact) mass is 603 g/mol. The smallest absolute Gasteiger partial charge is 0.242 e. The van der Waals surface area contributed by atoms with Gasteiger partial charge in [-0.1, -0.05) is 80.6 Å². The van der Waals surface area contributed by atoms with Crippen LogP contribution in [0.5, 0.6) is 0 Å². The minimum atomic E-state index is -0.371. The molecule has 6 rings (SSSR count). The van der Waals surface area contributed by atoms with Gasteiger partial charge in [-0.05, 0) is 47.2 Å². The number of amides is 1. The number of Topliss-reactive ketones (excluding diaryl/α,β-unsaturated/α-hetero) is 1. The molecule has 1 fully saturated rings. The van der Waals surface area contributed by atoms with Crippen LogP contribution in [0.3, 0.4) is 0 Å². The second-order valence-electron chi connectivity index (χ2n) is 13.5. The van der Waals surface area contributed by atoms with E-state index in [0.717, 1.165) is 60.0 Å². The van der Waals surface area contributed by atoms with Gasteiger partial charge in [0.15, 0.2) is 5.78 Å². The van der Waals surface area contributed by atoms with E-state index in [2.05, 4.69) is 107 Å². The molecule has 45 heavy (non-hydrogen) atoms. The molecule has 0 saturated carbocycles. The van der Waals surface area contributed by atoms with Crippen molar-refractivity contribution in [3.63, 3.8) is 0 Å². The number of allylic oxidation sites excluding steroid dienone is 1. The van der Waals surface area contributed by atoms with Crippen molar-refractivity contribution in [2.75, 3.05) is 68.5 Å². The summed E-state index contributed by atoms with van der Waals surface area (Å²) in [6.45, 7) is 8.42. The summed E-state index contributed by atoms with van der Waals surface area (Å²) in [4.78, 5) is 36.7. The molecule has 1 atom stereocenters. The third-order valence-electron chi connectivity index (χ3n) is 9.23. The van der Waals surface area contributed by atoms with Crippen molar-refractivity contribution in [2.45, 2.75) is 32.7 Å². The van der Waals surface area contributed by atoms with Gasteiger partial charge in [0.25, 0.3) is 0 Å². The fourth-order valence-corrected chi connectivity index (χ4v) is 6.86. The Kier molecular flexibility index (Phi) is 8.81. The summed E-state index contributed by atoms with van der Waals surface area (Å²) in [5, 5.41) is 3.67. The van der Waals surface area contributed by atoms with Gasteiger partial charge >= 0.3 is 0 Å². The zero-order chi connectivity index (χ0) is 31.6. The van der Waals surface area contributed by atoms with Crippen LogP contribution in [0.4, 0.5) is 17.1 Å². The van der Waals surface area contributed by atoms with Crippen LogP contribution in [0.25, 0.3) is 6.08 Å². The molecule has 234 valence electrons. The van der Waals surface area contributed by atoms with Crippen molar-refractivity contribution in [1.82, 2.24) is 9.80 Å². The number of para-hydroxylation sites is 2. The average molecular weight is 604 g/mol. The van der Waals surface area contributed by atoms with Crippen molar-refractivity contribution in [3.8, 4) is 0 Å². The topological polar surface area (TPSA) is 59.1 Å². The highest BCUT2D eigenvalue weighted by atomic mass is 16.2. The summed E-state index contributed by atoms with van der Waals surface area (Å²) >= 11 is 0. The highest BCUT2D eigenvalue weighted by Gasteiger charge is 2.42. The Morgan fingerprint density at radius 2 is 1.60 bits per heavy atom. The Morgan fingerprint density at radius 3 is 2.31 bits per heavy atom. The SMILES string of the molecule is CN(C)c1ccc(C2C3=C(CC(C)(C)CC3=O)Nc3ccccc3N2CC(=O)N2CCN(C/C=C/c3ccccc3)CC2)cc1. The van der Waals surface area contributed by atoms with Crippen molar-refractivity contribution in [2.24, 2.45) is 5.41 Å². The Labute approximate surface area is 267 Å². The number of carbonyl (C=O) groups is 2. The number of rotatable bonds is 7. The molecule has 0 aromatic heterocycles. The summed E-state index contributed by atoms with van der Waals surface area (Å²) in [5.41, 5.74) is 6.80. The third kappa shape index (κ3) is 6.84. The quantitative estimate of drug-likeness (QED) is 0.346. The maximum atomic E-state index is 14.1. The third-order valence-corrected chi connectivity index (χ3v) is 9.23. The Balaban J connectivity index is 1.27. The first kappa shape index (κ1) is 30.7. The molecule has 0 radical (unpaired) electrons. The number of nitrogens with one attached hydrogen (secondary N) is 1. The minimum Gasteiger partial charge on any atom is -0.378 e. The predicted octanol–water partition coefficient (Wildman–Crippen LogP) is 6.23. The van der Waals surface area contributed by atoms with E-state index >= 15 is 0 Å². The van der Waals surface area contributed by atoms with Crippen LogP contribution in [0, 0.1) is 5.41 Å². The van der Waals surface area contributed by atoms with Crippen molar-refractivity contribution in [3.05, 3.63) is 107 Å². The molecular formula is C38H45N5O2. The number of carbonyl (C=O) groups excluding carboxylic acids is 2. The van der Waals surface area contributed by atoms with E-state index in [1.54, 1.807) is 0 Å². The molecule has 3 aromatic rings. The number of anilines is 3. The second kappa shape index (κ2) is 12.9. The lowest BCUT2D eigenvalue weighted by Gasteiger charge is -2.40. The molecular weight excluding hydrogens is 558 g/mol. The van der Waals surface area contributed by atoms with E-state index in [4.69, 9.17) is 0 Å². The molecule has 0 spiro atoms. The van der Waals surface area contributed by atoms with Crippen molar-refractivity contribution in [1.29, 1.82) is 0 Å². The second-order valence-corrected chi connectivity index (χ2v) is 13.5. The van der Waals surface area contributed by atoms with E-state index in [9.17, 15) is 9.59 Å². The van der Waals surface area contributed by atoms with Crippen LogP contribution >= 0.6 is 0 Å². The molecule has 1 N–H and O–H groups in total. The summed E-state index contributed by atoms with van der Waals surface area (Å²) in [6, 6.07) is 26.6. The first-order valence-corrected chi connectivity index (χ1v) is 16.1. The van der Waals surface area contributed by atoms with E-state index in [1.807, 2.05) is 37.2 Å². The van der Waals surface area contributed by atoms with Crippen LogP contribution in [0.1, 0.15) is 43.9 Å². The molecule has 1 saturated heterocycles. The number of piperazine rings is 1. The van der Waals surface area contributed by atoms with Crippen LogP contribution < -0.4 is 15.1 Å². The number of hydrogen-bond acceptors (Lipinski definition) is 6. The molecule has 3 aliphatic rings. The number of fused-ring (bicyclic) bond motifs is 1. The van der Waals surface area contributed by atoms with Crippen LogP contribution in [-0.2, 0) is 9.59 Å². The van der Waals surface area contributed by atoms with Crippen molar-refractivity contribution < 1.29 is 9.59 Å². The zero-order valence-corrected chi connectivity index (χ0v) is 27.0. The largest absolute Gasteiger partial charge is 0.378 e. The van der Waals surface area contributed by atoms with E-state index < -0.39 is 0 Å². The molecule has 3 aromatic carbocycles. The Hall–Kier alpha value is -4.36. The Morgan fingerprint density at radius 1 is 0.911 bits per heavy atom. The van der Waals surface area contributed by atoms with Gasteiger partial charge in [-0.3, -0.25) is 14.5 Å². The van der Waals surface area contributed by atoms with Gasteiger partial charge < -0.3 is 20.0 Å². The normalized spacial score (nSPS) is 20.0. The molecule has 2 heterocycles. The lowest BCUT2D eigenvalue weighted by molar-refractivity contribution is -0.131. The van der Waals surface area contributed by atoms with Gasteiger partial charge in [0.2, 0.25) is 5.91 Å². The maximum Gasteiger partial charge on any atom is 0.242 e. The molecule has 1 aliphatic carbocycles. The lowest BCUT2D eigenvalue weighted by atomic mass is 9.73. The van der Waals surface area contributed by atoms with Gasteiger partial charge in [-0.25, -0.2) is 0 Å². The number of nitrogens with zero attached hydrogens (tertiary/aromatic N) is 4. The standard InChI is InChI=1S/C38H45N5O2/c1-38(2)25-32-36(34(44)26-38)37(29-16-18-30(19-17-29)40(3)4)43(33-15-9-8-14-31(33)39-32)27-35(45)42-23-21-41(22-24-42)20-10-13-28-11-6-5-7-12-28/h5-19,37,39H,20-27H2,1-4H3/b13-10+. The van der Waals surface area contributed by atoms with Crippen molar-refractivity contribution >= 4 is 34.8 Å². The fraction of sp³-hybridized carbons (Fsp3) is 0.368. The maximum absolute atomic E-state index is 14.1. The lowest BCUT2D eigenvalue weighted by Crippen LogP contribution is -2.51. The number of ketones is 1. The summed E-state index contributed by atoms with van der Waals surface area (Å²) in [6.07, 6.45) is 5.62. The highest BCUT2D eigenvalue weighted by Crippen LogP contribution is 2.48. The first-order valence-electron chi connectivity index (χ1n) is 16.1. The average Bonchev–Trinajstić information content (AvgIpc) is 3.15. The summed E-state index contributed by atoms with van der Waals surface area (Å²) in [5.74, 6) is 0.240. The molecule has 7 nitrogen and oxygen atoms in total. The fourth-order valence-electron chi connectivity index (χ4n) is 6.86. The zero-order valence-electron chi connectivity index (χ0n) is 27.0. The Bertz CT molecular complexity index is 1580. The first-order chi connectivity index (χ1) is 21.7. The minimum absolute atomic E-state index is 0.0897. The van der Waals surface area contributed by atoms with Crippen LogP contribution in [-0.4, -0.2) is 74.9 Å². The molecule has 7 heteroatoms. The highest BCUT2D eigenvalue weighted by molar-refractivity contribution is 6.02. The number of hydrogen-bond donors (Lipinski definition) is 1. The summed E-state index contributed by atoms with van der Waals surface area (Å²) in [7, 11) is 4.05. The van der Waals surface area contributed by atoms with Gasteiger partial charge in [0.1, 0.15) is 0 Å². The van der Waals surface area contributed by atoms with Gasteiger partial charge in [0, 0.05) is 70.2 Å². The van der Waals surface area contributed by atoms with Gasteiger partial charge in [-0.15, -0.1) is 0 Å². The number of benzene rings is 3. The summed E-state index contributed by atoms with van der Waals surface area (Å²) < 4.78 is 0. The molecule has 1 unspecified atom stereocenters. The molecule has 2 aliphatic heterocycles. The predicted molar refractivity (Wildman–Crippen MR) is 184 cm³/mol. The van der Waals surface area contributed by atoms with Crippen LogP contribution in [0.15, 0.2) is 96.2 Å². The van der Waals surface area contributed by atoms with Gasteiger partial charge in [-0.2, -0.15) is 0 Å².